The summed E-state index contributed by atoms with van der Waals surface area (Å²) >= 11 is 0. The molecule has 0 amide bonds. The smallest absolute Gasteiger partial charge is 0.206 e. The van der Waals surface area contributed by atoms with Crippen LogP contribution in [0.25, 0.3) is 21.9 Å². The molecule has 0 aromatic heterocycles. The van der Waals surface area contributed by atoms with Crippen LogP contribution < -0.4 is 0 Å². The molecule has 0 heterocycles. The summed E-state index contributed by atoms with van der Waals surface area (Å²) in [5.41, 5.74) is -1.23. The summed E-state index contributed by atoms with van der Waals surface area (Å²) in [4.78, 5) is 0. The molecule has 3 aromatic rings. The van der Waals surface area contributed by atoms with E-state index in [2.05, 4.69) is 18.8 Å². The fourth-order valence-electron chi connectivity index (χ4n) is 4.24. The second kappa shape index (κ2) is 9.66. The first-order valence-corrected chi connectivity index (χ1v) is 11.0. The first-order chi connectivity index (χ1) is 16.5. The molecule has 1 aliphatic carbocycles. The predicted molar refractivity (Wildman–Crippen MR) is 120 cm³/mol. The van der Waals surface area contributed by atoms with Gasteiger partial charge in [-0.2, -0.15) is 13.2 Å². The average Bonchev–Trinajstić information content (AvgIpc) is 2.77. The van der Waals surface area contributed by atoms with Gasteiger partial charge >= 0.3 is 6.18 Å². The Morgan fingerprint density at radius 3 is 2.09 bits per heavy atom. The van der Waals surface area contributed by atoms with Crippen molar-refractivity contribution in [1.82, 2.24) is 0 Å². The highest BCUT2D eigenvalue weighted by molar-refractivity contribution is 5.89. The van der Waals surface area contributed by atoms with Crippen LogP contribution in [-0.2, 0) is 0 Å². The molecule has 0 spiro atoms. The number of fused-ring (bicyclic) bond motifs is 1. The summed E-state index contributed by atoms with van der Waals surface area (Å²) in [5, 5.41) is -0.309. The van der Waals surface area contributed by atoms with E-state index in [0.29, 0.717) is 5.92 Å². The lowest BCUT2D eigenvalue weighted by Crippen LogP contribution is -2.10. The van der Waals surface area contributed by atoms with Crippen molar-refractivity contribution in [3.63, 3.8) is 0 Å². The van der Waals surface area contributed by atoms with Crippen LogP contribution in [0.1, 0.15) is 43.7 Å². The molecule has 0 aliphatic heterocycles. The van der Waals surface area contributed by atoms with Crippen LogP contribution in [0.2, 0.25) is 0 Å². The first kappa shape index (κ1) is 24.7. The van der Waals surface area contributed by atoms with Gasteiger partial charge in [-0.05, 0) is 66.8 Å². The molecule has 4 rings (SSSR count). The van der Waals surface area contributed by atoms with E-state index in [9.17, 15) is 30.7 Å². The number of halogens is 7. The molecule has 180 valence electrons. The molecule has 0 bridgehead atoms. The third-order valence-electron chi connectivity index (χ3n) is 6.13. The fraction of sp³-hybridized carbons (Fsp3) is 0.286. The zero-order valence-electron chi connectivity index (χ0n) is 18.6. The van der Waals surface area contributed by atoms with Crippen molar-refractivity contribution in [2.75, 3.05) is 0 Å². The molecular formula is C28H19F7. The quantitative estimate of drug-likeness (QED) is 0.240. The van der Waals surface area contributed by atoms with E-state index in [-0.39, 0.29) is 27.8 Å². The molecule has 0 radical (unpaired) electrons. The van der Waals surface area contributed by atoms with Crippen LogP contribution in [-0.4, -0.2) is 6.18 Å². The minimum Gasteiger partial charge on any atom is -0.206 e. The summed E-state index contributed by atoms with van der Waals surface area (Å²) in [6.07, 6.45) is -0.880. The third-order valence-corrected chi connectivity index (χ3v) is 6.13. The van der Waals surface area contributed by atoms with Crippen molar-refractivity contribution in [3.05, 3.63) is 70.8 Å². The summed E-state index contributed by atoms with van der Waals surface area (Å²) in [5.74, 6) is 4.69. The second-order valence-corrected chi connectivity index (χ2v) is 8.77. The second-order valence-electron chi connectivity index (χ2n) is 8.77. The minimum absolute atomic E-state index is 0.0150. The zero-order valence-corrected chi connectivity index (χ0v) is 18.6. The Labute approximate surface area is 198 Å². The van der Waals surface area contributed by atoms with E-state index < -0.39 is 40.6 Å². The summed E-state index contributed by atoms with van der Waals surface area (Å²) in [6, 6.07) is 6.49. The van der Waals surface area contributed by atoms with Crippen molar-refractivity contribution in [3.8, 4) is 34.8 Å². The van der Waals surface area contributed by atoms with Crippen LogP contribution >= 0.6 is 0 Å². The molecule has 0 N–H and O–H groups in total. The highest BCUT2D eigenvalue weighted by Crippen LogP contribution is 2.33. The summed E-state index contributed by atoms with van der Waals surface area (Å²) in [7, 11) is 0. The van der Waals surface area contributed by atoms with E-state index in [1.54, 1.807) is 0 Å². The van der Waals surface area contributed by atoms with Crippen LogP contribution in [0.3, 0.4) is 0 Å². The van der Waals surface area contributed by atoms with E-state index >= 15 is 0 Å². The highest BCUT2D eigenvalue weighted by Gasteiger charge is 2.24. The molecule has 1 aliphatic rings. The Morgan fingerprint density at radius 2 is 1.46 bits per heavy atom. The molecule has 3 aromatic carbocycles. The fourth-order valence-corrected chi connectivity index (χ4v) is 4.24. The maximum absolute atomic E-state index is 14.9. The van der Waals surface area contributed by atoms with Crippen molar-refractivity contribution in [1.29, 1.82) is 0 Å². The number of benzene rings is 3. The Balaban J connectivity index is 1.68. The molecular weight excluding hydrogens is 469 g/mol. The van der Waals surface area contributed by atoms with Gasteiger partial charge in [0.05, 0.1) is 11.1 Å². The lowest BCUT2D eigenvalue weighted by atomic mass is 9.83. The topological polar surface area (TPSA) is 0 Å². The van der Waals surface area contributed by atoms with E-state index in [1.807, 2.05) is 0 Å². The summed E-state index contributed by atoms with van der Waals surface area (Å²) < 4.78 is 95.6. The van der Waals surface area contributed by atoms with Gasteiger partial charge in [-0.25, -0.2) is 17.6 Å². The Hall–Kier alpha value is -3.45. The normalized spacial score (nSPS) is 17.9. The third kappa shape index (κ3) is 5.62. The molecule has 1 saturated carbocycles. The van der Waals surface area contributed by atoms with Gasteiger partial charge in [-0.1, -0.05) is 36.8 Å². The first-order valence-electron chi connectivity index (χ1n) is 11.0. The average molecular weight is 488 g/mol. The predicted octanol–water partition coefficient (Wildman–Crippen LogP) is 8.15. The van der Waals surface area contributed by atoms with E-state index in [4.69, 9.17) is 0 Å². The van der Waals surface area contributed by atoms with Gasteiger partial charge < -0.3 is 0 Å². The summed E-state index contributed by atoms with van der Waals surface area (Å²) in [6.45, 7) is 2.18. The molecule has 7 heteroatoms. The number of hydrogen-bond acceptors (Lipinski definition) is 0. The standard InChI is InChI=1S/C28H19F7/c1-16-2-4-17(5-3-16)6-7-18-12-24(30)26(25(31)13-18)19-8-9-21-20(14-19)15-23(29)22(27(21)32)10-11-28(33,34)35/h8-9,12-17H,2-5H2,1H3. The van der Waals surface area contributed by atoms with Gasteiger partial charge in [0.25, 0.3) is 0 Å². The van der Waals surface area contributed by atoms with Crippen LogP contribution in [0, 0.1) is 58.8 Å². The van der Waals surface area contributed by atoms with Gasteiger partial charge in [-0.3, -0.25) is 0 Å². The Morgan fingerprint density at radius 1 is 0.800 bits per heavy atom. The van der Waals surface area contributed by atoms with Gasteiger partial charge in [-0.15, -0.1) is 0 Å². The lowest BCUT2D eigenvalue weighted by Gasteiger charge is -2.21. The van der Waals surface area contributed by atoms with E-state index in [0.717, 1.165) is 55.9 Å². The molecule has 35 heavy (non-hydrogen) atoms. The van der Waals surface area contributed by atoms with Gasteiger partial charge in [0.2, 0.25) is 0 Å². The largest absolute Gasteiger partial charge is 0.458 e. The van der Waals surface area contributed by atoms with Crippen molar-refractivity contribution < 1.29 is 30.7 Å². The van der Waals surface area contributed by atoms with Crippen molar-refractivity contribution in [2.45, 2.75) is 38.8 Å². The number of alkyl halides is 3. The van der Waals surface area contributed by atoms with Crippen molar-refractivity contribution >= 4 is 10.8 Å². The Bertz CT molecular complexity index is 1380. The lowest BCUT2D eigenvalue weighted by molar-refractivity contribution is -0.0696. The van der Waals surface area contributed by atoms with Gasteiger partial charge in [0.15, 0.2) is 0 Å². The molecule has 0 atom stereocenters. The van der Waals surface area contributed by atoms with Crippen LogP contribution in [0.4, 0.5) is 30.7 Å². The molecule has 1 fully saturated rings. The molecule has 0 nitrogen and oxygen atoms in total. The van der Waals surface area contributed by atoms with Crippen molar-refractivity contribution in [2.24, 2.45) is 11.8 Å². The maximum atomic E-state index is 14.9. The molecule has 0 unspecified atom stereocenters. The monoisotopic (exact) mass is 488 g/mol. The van der Waals surface area contributed by atoms with Gasteiger partial charge in [0.1, 0.15) is 23.3 Å². The Kier molecular flexibility index (Phi) is 6.81. The van der Waals surface area contributed by atoms with Gasteiger partial charge in [0, 0.05) is 22.8 Å². The number of rotatable bonds is 1. The maximum Gasteiger partial charge on any atom is 0.458 e. The van der Waals surface area contributed by atoms with E-state index in [1.165, 1.54) is 18.1 Å². The highest BCUT2D eigenvalue weighted by atomic mass is 19.4. The minimum atomic E-state index is -4.92. The number of hydrogen-bond donors (Lipinski definition) is 0. The van der Waals surface area contributed by atoms with Crippen LogP contribution in [0.5, 0.6) is 0 Å². The zero-order chi connectivity index (χ0) is 25.3. The molecule has 0 saturated heterocycles. The van der Waals surface area contributed by atoms with Crippen LogP contribution in [0.15, 0.2) is 36.4 Å². The SMILES string of the molecule is CC1CCC(C#Cc2cc(F)c(-c3ccc4c(F)c(C#CC(F)(F)F)c(F)cc4c3)c(F)c2)CC1.